The highest BCUT2D eigenvalue weighted by molar-refractivity contribution is 9.10. The lowest BCUT2D eigenvalue weighted by atomic mass is 10.3. The number of carbonyl (C=O) groups is 2. The Morgan fingerprint density at radius 3 is 2.60 bits per heavy atom. The van der Waals surface area contributed by atoms with Crippen molar-refractivity contribution in [1.29, 1.82) is 0 Å². The lowest BCUT2D eigenvalue weighted by Crippen LogP contribution is -2.38. The van der Waals surface area contributed by atoms with Crippen molar-refractivity contribution in [3.8, 4) is 0 Å². The first-order chi connectivity index (χ1) is 9.31. The van der Waals surface area contributed by atoms with E-state index in [-0.39, 0.29) is 11.4 Å². The van der Waals surface area contributed by atoms with E-state index in [1.54, 1.807) is 0 Å². The molecule has 0 saturated carbocycles. The van der Waals surface area contributed by atoms with Gasteiger partial charge in [0.1, 0.15) is 0 Å². The Kier molecular flexibility index (Phi) is 5.41. The van der Waals surface area contributed by atoms with Crippen molar-refractivity contribution in [1.82, 2.24) is 5.32 Å². The molecule has 4 N–H and O–H groups in total. The van der Waals surface area contributed by atoms with Crippen molar-refractivity contribution in [2.75, 3.05) is 11.9 Å². The minimum atomic E-state index is -1.71. The predicted octanol–water partition coefficient (Wildman–Crippen LogP) is 0.924. The van der Waals surface area contributed by atoms with Gasteiger partial charge in [0.05, 0.1) is 17.2 Å². The van der Waals surface area contributed by atoms with Crippen LogP contribution < -0.4 is 10.6 Å². The highest BCUT2D eigenvalue weighted by Gasteiger charge is 2.15. The highest BCUT2D eigenvalue weighted by Crippen LogP contribution is 2.26. The van der Waals surface area contributed by atoms with Gasteiger partial charge in [-0.05, 0) is 22.0 Å². The summed E-state index contributed by atoms with van der Waals surface area (Å²) in [7, 11) is 0. The molecule has 1 aromatic carbocycles. The summed E-state index contributed by atoms with van der Waals surface area (Å²) >= 11 is 3.06. The van der Waals surface area contributed by atoms with Crippen LogP contribution in [0, 0.1) is 10.1 Å². The lowest BCUT2D eigenvalue weighted by molar-refractivity contribution is -0.384. The quantitative estimate of drug-likeness (QED) is 0.461. The third-order valence-corrected chi connectivity index (χ3v) is 2.81. The van der Waals surface area contributed by atoms with E-state index < -0.39 is 29.6 Å². The summed E-state index contributed by atoms with van der Waals surface area (Å²) in [4.78, 5) is 31.7. The number of carbonyl (C=O) groups excluding carboxylic acids is 1. The Balaban J connectivity index is 2.62. The van der Waals surface area contributed by atoms with Gasteiger partial charge in [0.25, 0.3) is 5.69 Å². The van der Waals surface area contributed by atoms with Crippen LogP contribution in [0.1, 0.15) is 0 Å². The molecule has 0 spiro atoms. The van der Waals surface area contributed by atoms with Gasteiger partial charge in [0.15, 0.2) is 6.10 Å². The van der Waals surface area contributed by atoms with Crippen LogP contribution in [0.2, 0.25) is 0 Å². The number of nitro benzene ring substituents is 1. The van der Waals surface area contributed by atoms with Crippen LogP contribution in [0.3, 0.4) is 0 Å². The average molecular weight is 348 g/mol. The van der Waals surface area contributed by atoms with Crippen LogP contribution in [-0.2, 0) is 4.79 Å². The number of halogens is 1. The monoisotopic (exact) mass is 347 g/mol. The molecular formula is C10H10BrN3O6. The minimum Gasteiger partial charge on any atom is -0.479 e. The van der Waals surface area contributed by atoms with E-state index in [4.69, 9.17) is 10.2 Å². The molecule has 20 heavy (non-hydrogen) atoms. The molecule has 0 fully saturated rings. The zero-order valence-electron chi connectivity index (χ0n) is 9.87. The highest BCUT2D eigenvalue weighted by atomic mass is 79.9. The van der Waals surface area contributed by atoms with Gasteiger partial charge in [-0.25, -0.2) is 9.59 Å². The van der Waals surface area contributed by atoms with Crippen molar-refractivity contribution in [3.05, 3.63) is 32.8 Å². The van der Waals surface area contributed by atoms with Gasteiger partial charge in [-0.2, -0.15) is 0 Å². The molecule has 0 radical (unpaired) electrons. The SMILES string of the molecule is O=C(NC[C@H](O)C(=O)O)Nc1ccc([N+](=O)[O-])cc1Br. The maximum absolute atomic E-state index is 11.4. The maximum Gasteiger partial charge on any atom is 0.334 e. The number of urea groups is 1. The van der Waals surface area contributed by atoms with Crippen molar-refractivity contribution in [2.45, 2.75) is 6.10 Å². The smallest absolute Gasteiger partial charge is 0.334 e. The Labute approximate surface area is 120 Å². The number of nitrogens with one attached hydrogen (secondary N) is 2. The molecule has 1 rings (SSSR count). The zero-order chi connectivity index (χ0) is 15.3. The van der Waals surface area contributed by atoms with Crippen molar-refractivity contribution >= 4 is 39.3 Å². The fourth-order valence-electron chi connectivity index (χ4n) is 1.16. The summed E-state index contributed by atoms with van der Waals surface area (Å²) in [5.74, 6) is -1.46. The molecule has 0 saturated heterocycles. The number of rotatable bonds is 5. The summed E-state index contributed by atoms with van der Waals surface area (Å²) in [5, 5.41) is 32.4. The number of nitrogens with zero attached hydrogens (tertiary/aromatic N) is 1. The molecule has 0 heterocycles. The number of carboxylic acids is 1. The van der Waals surface area contributed by atoms with Gasteiger partial charge in [-0.3, -0.25) is 10.1 Å². The standard InChI is InChI=1S/C10H10BrN3O6/c11-6-3-5(14(19)20)1-2-7(6)13-10(18)12-4-8(15)9(16)17/h1-3,8,15H,4H2,(H,16,17)(H2,12,13,18)/t8-/m0/s1. The molecule has 0 aliphatic rings. The topological polar surface area (TPSA) is 142 Å². The average Bonchev–Trinajstić information content (AvgIpc) is 2.37. The number of benzene rings is 1. The Morgan fingerprint density at radius 1 is 1.45 bits per heavy atom. The predicted molar refractivity (Wildman–Crippen MR) is 71.5 cm³/mol. The van der Waals surface area contributed by atoms with Crippen molar-refractivity contribution in [3.63, 3.8) is 0 Å². The lowest BCUT2D eigenvalue weighted by Gasteiger charge is -2.10. The number of nitro groups is 1. The van der Waals surface area contributed by atoms with Crippen molar-refractivity contribution < 1.29 is 24.7 Å². The molecule has 0 aromatic heterocycles. The Hall–Kier alpha value is -2.20. The fraction of sp³-hybridized carbons (Fsp3) is 0.200. The molecule has 1 atom stereocenters. The summed E-state index contributed by atoms with van der Waals surface area (Å²) in [6, 6.07) is 2.98. The van der Waals surface area contributed by atoms with Crippen LogP contribution in [0.15, 0.2) is 22.7 Å². The number of anilines is 1. The van der Waals surface area contributed by atoms with Crippen LogP contribution in [0.5, 0.6) is 0 Å². The van der Waals surface area contributed by atoms with E-state index in [9.17, 15) is 19.7 Å². The first-order valence-electron chi connectivity index (χ1n) is 5.21. The number of amides is 2. The normalized spacial score (nSPS) is 11.5. The number of carboxylic acid groups (broad SMARTS) is 1. The molecule has 10 heteroatoms. The van der Waals surface area contributed by atoms with E-state index in [0.717, 1.165) is 0 Å². The van der Waals surface area contributed by atoms with E-state index in [1.165, 1.54) is 18.2 Å². The molecule has 9 nitrogen and oxygen atoms in total. The number of aliphatic hydroxyl groups is 1. The van der Waals surface area contributed by atoms with Gasteiger partial charge in [0, 0.05) is 16.6 Å². The van der Waals surface area contributed by atoms with Crippen LogP contribution in [0.4, 0.5) is 16.2 Å². The molecule has 1 aromatic rings. The van der Waals surface area contributed by atoms with E-state index in [0.29, 0.717) is 4.47 Å². The van der Waals surface area contributed by atoms with Crippen LogP contribution in [-0.4, -0.2) is 39.8 Å². The summed E-state index contributed by atoms with van der Waals surface area (Å²) in [6.45, 7) is -0.467. The second kappa shape index (κ2) is 6.82. The Morgan fingerprint density at radius 2 is 2.10 bits per heavy atom. The number of hydrogen-bond donors (Lipinski definition) is 4. The first kappa shape index (κ1) is 15.9. The zero-order valence-corrected chi connectivity index (χ0v) is 11.5. The largest absolute Gasteiger partial charge is 0.479 e. The summed E-state index contributed by atoms with van der Waals surface area (Å²) < 4.78 is 0.292. The van der Waals surface area contributed by atoms with Gasteiger partial charge >= 0.3 is 12.0 Å². The van der Waals surface area contributed by atoms with E-state index in [2.05, 4.69) is 26.6 Å². The second-order valence-corrected chi connectivity index (χ2v) is 4.46. The van der Waals surface area contributed by atoms with Crippen LogP contribution in [0.25, 0.3) is 0 Å². The second-order valence-electron chi connectivity index (χ2n) is 3.61. The number of aliphatic carboxylic acids is 1. The number of hydrogen-bond acceptors (Lipinski definition) is 5. The van der Waals surface area contributed by atoms with E-state index >= 15 is 0 Å². The molecule has 0 aliphatic heterocycles. The fourth-order valence-corrected chi connectivity index (χ4v) is 1.63. The maximum atomic E-state index is 11.4. The van der Waals surface area contributed by atoms with Crippen molar-refractivity contribution in [2.24, 2.45) is 0 Å². The molecular weight excluding hydrogens is 338 g/mol. The van der Waals surface area contributed by atoms with Gasteiger partial charge in [-0.15, -0.1) is 0 Å². The third-order valence-electron chi connectivity index (χ3n) is 2.15. The van der Waals surface area contributed by atoms with Gasteiger partial charge < -0.3 is 20.8 Å². The molecule has 108 valence electrons. The van der Waals surface area contributed by atoms with Gasteiger partial charge in [0.2, 0.25) is 0 Å². The van der Waals surface area contributed by atoms with Crippen LogP contribution >= 0.6 is 15.9 Å². The Bertz CT molecular complexity index is 550. The molecule has 0 unspecified atom stereocenters. The third kappa shape index (κ3) is 4.48. The first-order valence-corrected chi connectivity index (χ1v) is 6.00. The molecule has 0 aliphatic carbocycles. The van der Waals surface area contributed by atoms with E-state index in [1.807, 2.05) is 0 Å². The summed E-state index contributed by atoms with van der Waals surface area (Å²) in [5.41, 5.74) is 0.113. The molecule has 0 bridgehead atoms. The number of non-ortho nitro benzene ring substituents is 1. The minimum absolute atomic E-state index is 0.149. The summed E-state index contributed by atoms with van der Waals surface area (Å²) in [6.07, 6.45) is -1.71. The molecule has 2 amide bonds. The number of aliphatic hydroxyl groups excluding tert-OH is 1. The van der Waals surface area contributed by atoms with Gasteiger partial charge in [-0.1, -0.05) is 0 Å².